The van der Waals surface area contributed by atoms with E-state index in [1.807, 2.05) is 6.92 Å². The molecule has 0 aliphatic rings. The van der Waals surface area contributed by atoms with Gasteiger partial charge in [0.1, 0.15) is 0 Å². The van der Waals surface area contributed by atoms with E-state index in [0.29, 0.717) is 33.8 Å². The normalized spacial score (nSPS) is 11.0. The number of fused-ring (bicyclic) bond motifs is 1. The van der Waals surface area contributed by atoms with Crippen molar-refractivity contribution in [2.24, 2.45) is 0 Å². The molecule has 2 aromatic carbocycles. The van der Waals surface area contributed by atoms with Crippen LogP contribution in [0, 0.1) is 12.7 Å². The summed E-state index contributed by atoms with van der Waals surface area (Å²) in [6, 6.07) is 8.81. The van der Waals surface area contributed by atoms with Gasteiger partial charge in [-0.25, -0.2) is 4.39 Å². The highest BCUT2D eigenvalue weighted by Gasteiger charge is 2.23. The van der Waals surface area contributed by atoms with Gasteiger partial charge in [0.25, 0.3) is 5.91 Å². The summed E-state index contributed by atoms with van der Waals surface area (Å²) in [6.45, 7) is 4.18. The van der Waals surface area contributed by atoms with Crippen molar-refractivity contribution in [3.8, 4) is 5.75 Å². The molecule has 0 radical (unpaired) electrons. The summed E-state index contributed by atoms with van der Waals surface area (Å²) in [4.78, 5) is 25.4. The largest absolute Gasteiger partial charge is 0.505 e. The van der Waals surface area contributed by atoms with Crippen molar-refractivity contribution in [1.29, 1.82) is 0 Å². The number of hydrogen-bond donors (Lipinski definition) is 2. The lowest BCUT2D eigenvalue weighted by molar-refractivity contribution is -0.120. The molecule has 0 saturated heterocycles. The number of nitrogens with zero attached hydrogens (tertiary/aromatic N) is 1. The third kappa shape index (κ3) is 3.73. The number of benzene rings is 2. The van der Waals surface area contributed by atoms with Crippen LogP contribution in [-0.2, 0) is 11.2 Å². The zero-order valence-electron chi connectivity index (χ0n) is 15.6. The number of aromatic hydroxyl groups is 1. The van der Waals surface area contributed by atoms with Crippen molar-refractivity contribution < 1.29 is 19.1 Å². The van der Waals surface area contributed by atoms with Gasteiger partial charge in [-0.15, -0.1) is 0 Å². The summed E-state index contributed by atoms with van der Waals surface area (Å²) in [5.74, 6) is -1.97. The number of phenolic OH excluding ortho intramolecular Hbond substituents is 1. The van der Waals surface area contributed by atoms with Gasteiger partial charge in [0, 0.05) is 34.3 Å². The van der Waals surface area contributed by atoms with E-state index in [9.17, 15) is 19.1 Å². The van der Waals surface area contributed by atoms with Crippen LogP contribution in [0.25, 0.3) is 10.9 Å². The van der Waals surface area contributed by atoms with Crippen LogP contribution in [0.2, 0.25) is 5.02 Å². The molecule has 5 nitrogen and oxygen atoms in total. The summed E-state index contributed by atoms with van der Waals surface area (Å²) in [5, 5.41) is 13.5. The number of halogens is 2. The maximum absolute atomic E-state index is 14.1. The Balaban J connectivity index is 2.17. The lowest BCUT2D eigenvalue weighted by Crippen LogP contribution is -2.26. The molecule has 3 aromatic rings. The van der Waals surface area contributed by atoms with Crippen molar-refractivity contribution in [2.45, 2.75) is 26.7 Å². The molecule has 1 amide bonds. The molecular formula is C21H20ClFN2O3. The van der Waals surface area contributed by atoms with E-state index in [2.05, 4.69) is 5.32 Å². The summed E-state index contributed by atoms with van der Waals surface area (Å²) < 4.78 is 15.4. The van der Waals surface area contributed by atoms with E-state index in [1.165, 1.54) is 16.7 Å². The molecule has 0 atom stereocenters. The molecule has 0 bridgehead atoms. The molecule has 146 valence electrons. The predicted octanol–water partition coefficient (Wildman–Crippen LogP) is 4.21. The second-order valence-electron chi connectivity index (χ2n) is 6.56. The first-order valence-corrected chi connectivity index (χ1v) is 9.30. The van der Waals surface area contributed by atoms with E-state index >= 15 is 0 Å². The Labute approximate surface area is 166 Å². The van der Waals surface area contributed by atoms with Crippen LogP contribution in [0.5, 0.6) is 5.75 Å². The first kappa shape index (κ1) is 19.9. The van der Waals surface area contributed by atoms with Gasteiger partial charge in [-0.05, 0) is 43.2 Å². The Bertz CT molecular complexity index is 1080. The van der Waals surface area contributed by atoms with Gasteiger partial charge >= 0.3 is 0 Å². The van der Waals surface area contributed by atoms with E-state index in [0.717, 1.165) is 12.5 Å². The number of carbonyl (C=O) groups excluding carboxylic acids is 2. The van der Waals surface area contributed by atoms with E-state index in [4.69, 9.17) is 11.6 Å². The maximum atomic E-state index is 14.1. The summed E-state index contributed by atoms with van der Waals surface area (Å²) >= 11 is 6.00. The van der Waals surface area contributed by atoms with Crippen molar-refractivity contribution in [1.82, 2.24) is 9.88 Å². The number of nitrogens with one attached hydrogen (secondary N) is 1. The minimum atomic E-state index is -0.841. The van der Waals surface area contributed by atoms with E-state index in [1.54, 1.807) is 25.1 Å². The van der Waals surface area contributed by atoms with Crippen molar-refractivity contribution >= 4 is 34.3 Å². The van der Waals surface area contributed by atoms with Crippen molar-refractivity contribution in [2.75, 3.05) is 6.54 Å². The Morgan fingerprint density at radius 1 is 1.25 bits per heavy atom. The molecule has 0 spiro atoms. The molecule has 2 N–H and O–H groups in total. The van der Waals surface area contributed by atoms with Crippen LogP contribution in [0.3, 0.4) is 0 Å². The van der Waals surface area contributed by atoms with Crippen LogP contribution >= 0.6 is 11.6 Å². The third-order valence-electron chi connectivity index (χ3n) is 4.59. The number of aromatic nitrogens is 1. The fourth-order valence-corrected chi connectivity index (χ4v) is 3.40. The van der Waals surface area contributed by atoms with Crippen LogP contribution in [0.4, 0.5) is 4.39 Å². The molecule has 0 unspecified atom stereocenters. The third-order valence-corrected chi connectivity index (χ3v) is 4.82. The molecule has 0 saturated carbocycles. The van der Waals surface area contributed by atoms with Gasteiger partial charge < -0.3 is 10.4 Å². The van der Waals surface area contributed by atoms with Crippen molar-refractivity contribution in [3.05, 3.63) is 64.1 Å². The Hall–Kier alpha value is -2.86. The molecule has 0 fully saturated rings. The number of amides is 1. The van der Waals surface area contributed by atoms with Crippen LogP contribution in [0.1, 0.15) is 35.0 Å². The second kappa shape index (κ2) is 8.02. The number of hydrogen-bond acceptors (Lipinski definition) is 3. The maximum Gasteiger partial charge on any atom is 0.262 e. The molecule has 0 aliphatic carbocycles. The smallest absolute Gasteiger partial charge is 0.262 e. The van der Waals surface area contributed by atoms with E-state index in [-0.39, 0.29) is 17.8 Å². The SMILES string of the molecule is CCCNC(=O)Cc1c(C)n(C(=O)c2cccc(Cl)c2)c2cc(F)c(O)cc12. The minimum Gasteiger partial charge on any atom is -0.505 e. The van der Waals surface area contributed by atoms with Crippen LogP contribution < -0.4 is 5.32 Å². The average Bonchev–Trinajstić information content (AvgIpc) is 2.91. The fraction of sp³-hybridized carbons (Fsp3) is 0.238. The van der Waals surface area contributed by atoms with Gasteiger partial charge in [0.2, 0.25) is 5.91 Å². The quantitative estimate of drug-likeness (QED) is 0.671. The first-order valence-electron chi connectivity index (χ1n) is 8.92. The molecule has 1 aromatic heterocycles. The van der Waals surface area contributed by atoms with Gasteiger partial charge in [-0.3, -0.25) is 14.2 Å². The van der Waals surface area contributed by atoms with Crippen LogP contribution in [0.15, 0.2) is 36.4 Å². The Kier molecular flexibility index (Phi) is 5.70. The van der Waals surface area contributed by atoms with Crippen LogP contribution in [-0.4, -0.2) is 28.0 Å². The lowest BCUT2D eigenvalue weighted by atomic mass is 10.1. The minimum absolute atomic E-state index is 0.0171. The molecule has 7 heteroatoms. The molecule has 28 heavy (non-hydrogen) atoms. The fourth-order valence-electron chi connectivity index (χ4n) is 3.21. The number of phenols is 1. The molecular weight excluding hydrogens is 383 g/mol. The highest BCUT2D eigenvalue weighted by molar-refractivity contribution is 6.31. The average molecular weight is 403 g/mol. The standard InChI is InChI=1S/C21H20ClFN2O3/c1-3-7-24-20(27)10-15-12(2)25(18-11-17(23)19(26)9-16(15)18)21(28)13-5-4-6-14(22)8-13/h4-6,8-9,11,26H,3,7,10H2,1-2H3,(H,24,27). The zero-order chi connectivity index (χ0) is 20.4. The lowest BCUT2D eigenvalue weighted by Gasteiger charge is -2.08. The van der Waals surface area contributed by atoms with E-state index < -0.39 is 17.5 Å². The Morgan fingerprint density at radius 3 is 2.68 bits per heavy atom. The monoisotopic (exact) mass is 402 g/mol. The molecule has 0 aliphatic heterocycles. The summed E-state index contributed by atoms with van der Waals surface area (Å²) in [6.07, 6.45) is 0.814. The first-order chi connectivity index (χ1) is 13.3. The second-order valence-corrected chi connectivity index (χ2v) is 7.00. The highest BCUT2D eigenvalue weighted by Crippen LogP contribution is 2.32. The highest BCUT2D eigenvalue weighted by atomic mass is 35.5. The molecule has 3 rings (SSSR count). The summed E-state index contributed by atoms with van der Waals surface area (Å²) in [5.41, 5.74) is 1.70. The van der Waals surface area contributed by atoms with Gasteiger partial charge in [-0.2, -0.15) is 0 Å². The predicted molar refractivity (Wildman–Crippen MR) is 106 cm³/mol. The summed E-state index contributed by atoms with van der Waals surface area (Å²) in [7, 11) is 0. The van der Waals surface area contributed by atoms with Crippen molar-refractivity contribution in [3.63, 3.8) is 0 Å². The van der Waals surface area contributed by atoms with Gasteiger partial charge in [-0.1, -0.05) is 24.6 Å². The zero-order valence-corrected chi connectivity index (χ0v) is 16.3. The van der Waals surface area contributed by atoms with Gasteiger partial charge in [0.05, 0.1) is 11.9 Å². The number of carbonyl (C=O) groups is 2. The number of rotatable bonds is 5. The topological polar surface area (TPSA) is 71.3 Å². The Morgan fingerprint density at radius 2 is 2.00 bits per heavy atom. The molecule has 1 heterocycles. The van der Waals surface area contributed by atoms with Gasteiger partial charge in [0.15, 0.2) is 11.6 Å².